The fourth-order valence-corrected chi connectivity index (χ4v) is 3.68. The molecule has 2 heterocycles. The number of hydrogen-bond donors (Lipinski definition) is 1. The van der Waals surface area contributed by atoms with Gasteiger partial charge in [-0.25, -0.2) is 4.39 Å². The number of anilines is 1. The summed E-state index contributed by atoms with van der Waals surface area (Å²) in [5.41, 5.74) is 2.03. The summed E-state index contributed by atoms with van der Waals surface area (Å²) in [5.74, 6) is 0.232. The standard InChI is InChI=1S/C22H23FN4O/c23-19-9-4-8-18(14-19)16-27-13-11-21(25-27)24-22(28)20-10-5-12-26(20)15-17-6-2-1-3-7-17/h1-4,6-9,11,13-14,20H,5,10,12,15-16H2,(H,24,25,28). The van der Waals surface area contributed by atoms with Crippen LogP contribution in [-0.2, 0) is 17.9 Å². The van der Waals surface area contributed by atoms with Crippen molar-refractivity contribution in [2.24, 2.45) is 0 Å². The highest BCUT2D eigenvalue weighted by Crippen LogP contribution is 2.21. The van der Waals surface area contributed by atoms with E-state index in [-0.39, 0.29) is 17.8 Å². The highest BCUT2D eigenvalue weighted by atomic mass is 19.1. The fraction of sp³-hybridized carbons (Fsp3) is 0.273. The highest BCUT2D eigenvalue weighted by molar-refractivity contribution is 5.94. The third kappa shape index (κ3) is 4.46. The van der Waals surface area contributed by atoms with Gasteiger partial charge < -0.3 is 5.32 Å². The highest BCUT2D eigenvalue weighted by Gasteiger charge is 2.30. The van der Waals surface area contributed by atoms with E-state index in [1.807, 2.05) is 24.3 Å². The quantitative estimate of drug-likeness (QED) is 0.712. The zero-order chi connectivity index (χ0) is 19.3. The van der Waals surface area contributed by atoms with Gasteiger partial charge in [0.25, 0.3) is 0 Å². The summed E-state index contributed by atoms with van der Waals surface area (Å²) < 4.78 is 15.0. The van der Waals surface area contributed by atoms with E-state index in [4.69, 9.17) is 0 Å². The Morgan fingerprint density at radius 3 is 2.71 bits per heavy atom. The molecule has 1 amide bonds. The molecule has 5 nitrogen and oxygen atoms in total. The molecule has 1 saturated heterocycles. The summed E-state index contributed by atoms with van der Waals surface area (Å²) in [5, 5.41) is 7.33. The topological polar surface area (TPSA) is 50.2 Å². The summed E-state index contributed by atoms with van der Waals surface area (Å²) in [6, 6.07) is 18.3. The molecule has 144 valence electrons. The molecular weight excluding hydrogens is 355 g/mol. The van der Waals surface area contributed by atoms with Crippen molar-refractivity contribution in [3.05, 3.63) is 83.8 Å². The first-order valence-electron chi connectivity index (χ1n) is 9.54. The smallest absolute Gasteiger partial charge is 0.242 e. The van der Waals surface area contributed by atoms with Gasteiger partial charge in [-0.05, 0) is 42.6 Å². The Morgan fingerprint density at radius 1 is 1.07 bits per heavy atom. The van der Waals surface area contributed by atoms with Crippen LogP contribution < -0.4 is 5.32 Å². The van der Waals surface area contributed by atoms with Crippen LogP contribution in [0.4, 0.5) is 10.2 Å². The summed E-state index contributed by atoms with van der Waals surface area (Å²) in [4.78, 5) is 15.0. The second kappa shape index (κ2) is 8.35. The number of nitrogens with zero attached hydrogens (tertiary/aromatic N) is 3. The molecule has 1 aliphatic rings. The van der Waals surface area contributed by atoms with Crippen LogP contribution in [0, 0.1) is 5.82 Å². The Labute approximate surface area is 163 Å². The van der Waals surface area contributed by atoms with Crippen molar-refractivity contribution in [1.82, 2.24) is 14.7 Å². The lowest BCUT2D eigenvalue weighted by Crippen LogP contribution is -2.39. The van der Waals surface area contributed by atoms with Gasteiger partial charge >= 0.3 is 0 Å². The normalized spacial score (nSPS) is 17.0. The van der Waals surface area contributed by atoms with Gasteiger partial charge in [0, 0.05) is 18.8 Å². The van der Waals surface area contributed by atoms with E-state index in [1.54, 1.807) is 23.0 Å². The molecule has 0 saturated carbocycles. The molecule has 0 radical (unpaired) electrons. The number of benzene rings is 2. The van der Waals surface area contributed by atoms with Gasteiger partial charge in [-0.3, -0.25) is 14.4 Å². The van der Waals surface area contributed by atoms with E-state index in [0.29, 0.717) is 12.4 Å². The van der Waals surface area contributed by atoms with Crippen molar-refractivity contribution >= 4 is 11.7 Å². The molecule has 1 fully saturated rings. The molecule has 1 aromatic heterocycles. The van der Waals surface area contributed by atoms with Crippen LogP contribution in [0.15, 0.2) is 66.9 Å². The van der Waals surface area contributed by atoms with Crippen molar-refractivity contribution in [1.29, 1.82) is 0 Å². The van der Waals surface area contributed by atoms with Crippen molar-refractivity contribution in [2.45, 2.75) is 32.0 Å². The van der Waals surface area contributed by atoms with Crippen LogP contribution in [0.25, 0.3) is 0 Å². The number of hydrogen-bond acceptors (Lipinski definition) is 3. The van der Waals surface area contributed by atoms with Gasteiger partial charge in [0.05, 0.1) is 12.6 Å². The summed E-state index contributed by atoms with van der Waals surface area (Å²) in [6.45, 7) is 2.14. The van der Waals surface area contributed by atoms with Gasteiger partial charge in [-0.2, -0.15) is 5.10 Å². The molecule has 3 aromatic rings. The van der Waals surface area contributed by atoms with Gasteiger partial charge in [0.1, 0.15) is 5.82 Å². The van der Waals surface area contributed by atoms with Crippen LogP contribution in [0.5, 0.6) is 0 Å². The maximum absolute atomic E-state index is 13.3. The maximum atomic E-state index is 13.3. The number of nitrogens with one attached hydrogen (secondary N) is 1. The fourth-order valence-electron chi connectivity index (χ4n) is 3.68. The molecule has 0 bridgehead atoms. The first-order valence-corrected chi connectivity index (χ1v) is 9.54. The Kier molecular flexibility index (Phi) is 5.48. The average Bonchev–Trinajstić information content (AvgIpc) is 3.32. The van der Waals surface area contributed by atoms with Crippen molar-refractivity contribution in [3.8, 4) is 0 Å². The number of amides is 1. The minimum Gasteiger partial charge on any atom is -0.308 e. The molecule has 28 heavy (non-hydrogen) atoms. The lowest BCUT2D eigenvalue weighted by molar-refractivity contribution is -0.120. The Morgan fingerprint density at radius 2 is 1.89 bits per heavy atom. The summed E-state index contributed by atoms with van der Waals surface area (Å²) in [7, 11) is 0. The minimum atomic E-state index is -0.266. The Hall–Kier alpha value is -2.99. The molecule has 1 N–H and O–H groups in total. The number of carbonyl (C=O) groups excluding carboxylic acids is 1. The molecule has 1 unspecified atom stereocenters. The minimum absolute atomic E-state index is 0.0237. The van der Waals surface area contributed by atoms with Crippen molar-refractivity contribution in [3.63, 3.8) is 0 Å². The largest absolute Gasteiger partial charge is 0.308 e. The number of halogens is 1. The van der Waals surface area contributed by atoms with Crippen LogP contribution in [0.1, 0.15) is 24.0 Å². The second-order valence-electron chi connectivity index (χ2n) is 7.13. The molecule has 0 spiro atoms. The number of likely N-dealkylation sites (tertiary alicyclic amines) is 1. The lowest BCUT2D eigenvalue weighted by Gasteiger charge is -2.23. The molecule has 1 aliphatic heterocycles. The van der Waals surface area contributed by atoms with E-state index in [1.165, 1.54) is 17.7 Å². The number of rotatable bonds is 6. The van der Waals surface area contributed by atoms with E-state index >= 15 is 0 Å². The predicted molar refractivity (Wildman–Crippen MR) is 106 cm³/mol. The zero-order valence-electron chi connectivity index (χ0n) is 15.6. The van der Waals surface area contributed by atoms with Gasteiger partial charge in [0.2, 0.25) is 5.91 Å². The molecule has 6 heteroatoms. The average molecular weight is 378 g/mol. The number of carbonyl (C=O) groups is 1. The zero-order valence-corrected chi connectivity index (χ0v) is 15.6. The van der Waals surface area contributed by atoms with E-state index in [2.05, 4.69) is 27.4 Å². The summed E-state index contributed by atoms with van der Waals surface area (Å²) >= 11 is 0. The predicted octanol–water partition coefficient (Wildman–Crippen LogP) is 3.67. The molecule has 0 aliphatic carbocycles. The Balaban J connectivity index is 1.37. The molecule has 1 atom stereocenters. The van der Waals surface area contributed by atoms with E-state index < -0.39 is 0 Å². The van der Waals surface area contributed by atoms with Crippen molar-refractivity contribution in [2.75, 3.05) is 11.9 Å². The molecule has 4 rings (SSSR count). The van der Waals surface area contributed by atoms with E-state index in [9.17, 15) is 9.18 Å². The first-order chi connectivity index (χ1) is 13.7. The van der Waals surface area contributed by atoms with Gasteiger partial charge in [-0.1, -0.05) is 42.5 Å². The Bertz CT molecular complexity index is 940. The van der Waals surface area contributed by atoms with E-state index in [0.717, 1.165) is 31.5 Å². The van der Waals surface area contributed by atoms with Crippen molar-refractivity contribution < 1.29 is 9.18 Å². The first kappa shape index (κ1) is 18.4. The second-order valence-corrected chi connectivity index (χ2v) is 7.13. The molecular formula is C22H23FN4O. The van der Waals surface area contributed by atoms with Gasteiger partial charge in [0.15, 0.2) is 5.82 Å². The third-order valence-corrected chi connectivity index (χ3v) is 5.02. The SMILES string of the molecule is O=C(Nc1ccn(Cc2cccc(F)c2)n1)C1CCCN1Cc1ccccc1. The lowest BCUT2D eigenvalue weighted by atomic mass is 10.1. The molecule has 2 aromatic carbocycles. The van der Waals surface area contributed by atoms with Gasteiger partial charge in [-0.15, -0.1) is 0 Å². The van der Waals surface area contributed by atoms with Crippen LogP contribution >= 0.6 is 0 Å². The maximum Gasteiger partial charge on any atom is 0.242 e. The monoisotopic (exact) mass is 378 g/mol. The van der Waals surface area contributed by atoms with Crippen LogP contribution in [0.3, 0.4) is 0 Å². The summed E-state index contributed by atoms with van der Waals surface area (Å²) in [6.07, 6.45) is 3.65. The van der Waals surface area contributed by atoms with Crippen LogP contribution in [-0.4, -0.2) is 33.2 Å². The van der Waals surface area contributed by atoms with Crippen LogP contribution in [0.2, 0.25) is 0 Å². The third-order valence-electron chi connectivity index (χ3n) is 5.02. The number of aromatic nitrogens is 2.